The molecule has 0 fully saturated rings. The molecule has 2 radical (unpaired) electrons. The lowest BCUT2D eigenvalue weighted by Gasteiger charge is -1.91. The molecule has 0 spiro atoms. The van der Waals surface area contributed by atoms with E-state index in [0.29, 0.717) is 0 Å². The molecule has 0 aliphatic carbocycles. The summed E-state index contributed by atoms with van der Waals surface area (Å²) in [7, 11) is 0. The van der Waals surface area contributed by atoms with Gasteiger partial charge in [0.05, 0.1) is 6.20 Å². The summed E-state index contributed by atoms with van der Waals surface area (Å²) in [5.74, 6) is 0. The van der Waals surface area contributed by atoms with E-state index in [1.807, 2.05) is 13.8 Å². The summed E-state index contributed by atoms with van der Waals surface area (Å²) in [6.07, 6.45) is 2.89. The molecule has 0 unspecified atom stereocenters. The zero-order valence-corrected chi connectivity index (χ0v) is 5.45. The van der Waals surface area contributed by atoms with E-state index < -0.39 is 0 Å². The number of hydrogen-bond acceptors (Lipinski definition) is 0. The van der Waals surface area contributed by atoms with Crippen LogP contribution < -0.4 is 5.32 Å². The standard InChI is InChI=1S/C7H9N/c1-5-4-8-7(3)6(5)2/h1-3H3. The molecular formula is C7H9N. The Hall–Kier alpha value is -0.720. The highest BCUT2D eigenvalue weighted by Gasteiger charge is 2.05. The van der Waals surface area contributed by atoms with Gasteiger partial charge in [-0.05, 0) is 31.9 Å². The Morgan fingerprint density at radius 1 is 1.25 bits per heavy atom. The van der Waals surface area contributed by atoms with Crippen LogP contribution in [0.2, 0.25) is 0 Å². The van der Waals surface area contributed by atoms with Crippen LogP contribution in [-0.2, 0) is 0 Å². The maximum absolute atomic E-state index is 3.99. The van der Waals surface area contributed by atoms with Crippen LogP contribution in [0.5, 0.6) is 0 Å². The average Bonchev–Trinajstić information content (AvgIpc) is 1.98. The van der Waals surface area contributed by atoms with Crippen molar-refractivity contribution in [3.05, 3.63) is 23.0 Å². The molecule has 1 heterocycles. The van der Waals surface area contributed by atoms with Crippen molar-refractivity contribution in [1.29, 1.82) is 0 Å². The molecule has 0 saturated heterocycles. The van der Waals surface area contributed by atoms with Crippen molar-refractivity contribution in [2.45, 2.75) is 20.8 Å². The zero-order valence-electron chi connectivity index (χ0n) is 5.45. The van der Waals surface area contributed by atoms with Gasteiger partial charge in [-0.15, -0.1) is 0 Å². The van der Waals surface area contributed by atoms with E-state index in [0.717, 1.165) is 5.70 Å². The van der Waals surface area contributed by atoms with Crippen molar-refractivity contribution in [2.75, 3.05) is 0 Å². The molecule has 1 heteroatoms. The third kappa shape index (κ3) is 0.641. The molecule has 1 aliphatic heterocycles. The minimum atomic E-state index is 1.10. The maximum atomic E-state index is 3.99. The Morgan fingerprint density at radius 2 is 1.88 bits per heavy atom. The van der Waals surface area contributed by atoms with Gasteiger partial charge in [-0.2, -0.15) is 0 Å². The van der Waals surface area contributed by atoms with Gasteiger partial charge in [0.2, 0.25) is 0 Å². The van der Waals surface area contributed by atoms with E-state index >= 15 is 0 Å². The smallest absolute Gasteiger partial charge is 0.0924 e. The molecule has 0 aromatic rings. The first kappa shape index (κ1) is 5.42. The lowest BCUT2D eigenvalue weighted by atomic mass is 10.1. The van der Waals surface area contributed by atoms with Gasteiger partial charge in [-0.3, -0.25) is 5.32 Å². The van der Waals surface area contributed by atoms with Crippen molar-refractivity contribution in [3.8, 4) is 0 Å². The summed E-state index contributed by atoms with van der Waals surface area (Å²) in [5.41, 5.74) is 3.54. The lowest BCUT2D eigenvalue weighted by Crippen LogP contribution is -1.85. The molecule has 42 valence electrons. The summed E-state index contributed by atoms with van der Waals surface area (Å²) in [5, 5.41) is 3.99. The summed E-state index contributed by atoms with van der Waals surface area (Å²) in [6.45, 7) is 6.09. The molecular weight excluding hydrogens is 98.1 g/mol. The Morgan fingerprint density at radius 3 is 2.00 bits per heavy atom. The largest absolute Gasteiger partial charge is 0.251 e. The summed E-state index contributed by atoms with van der Waals surface area (Å²) >= 11 is 0. The van der Waals surface area contributed by atoms with E-state index in [4.69, 9.17) is 0 Å². The fourth-order valence-corrected chi connectivity index (χ4v) is 0.607. The molecule has 1 nitrogen and oxygen atoms in total. The first-order chi connectivity index (χ1) is 3.72. The van der Waals surface area contributed by atoms with E-state index in [1.54, 1.807) is 0 Å². The van der Waals surface area contributed by atoms with Crippen molar-refractivity contribution >= 4 is 0 Å². The van der Waals surface area contributed by atoms with E-state index in [1.165, 1.54) is 11.1 Å². The summed E-state index contributed by atoms with van der Waals surface area (Å²) < 4.78 is 0. The maximum Gasteiger partial charge on any atom is 0.0924 e. The van der Waals surface area contributed by atoms with E-state index in [9.17, 15) is 0 Å². The van der Waals surface area contributed by atoms with Gasteiger partial charge in [0, 0.05) is 5.70 Å². The predicted molar refractivity (Wildman–Crippen MR) is 32.9 cm³/mol. The number of rotatable bonds is 0. The topological polar surface area (TPSA) is 14.1 Å². The number of allylic oxidation sites excluding steroid dienone is 3. The van der Waals surface area contributed by atoms with Crippen LogP contribution in [0.25, 0.3) is 0 Å². The Bertz CT molecular complexity index is 158. The molecule has 0 atom stereocenters. The first-order valence-corrected chi connectivity index (χ1v) is 2.70. The van der Waals surface area contributed by atoms with Crippen molar-refractivity contribution in [3.63, 3.8) is 0 Å². The quantitative estimate of drug-likeness (QED) is 0.446. The predicted octanol–water partition coefficient (Wildman–Crippen LogP) is 1.61. The molecule has 1 aliphatic rings. The van der Waals surface area contributed by atoms with Crippen LogP contribution in [0.4, 0.5) is 0 Å². The fraction of sp³-hybridized carbons (Fsp3) is 0.429. The summed E-state index contributed by atoms with van der Waals surface area (Å²) in [4.78, 5) is 0. The molecule has 0 aromatic carbocycles. The number of nitrogens with zero attached hydrogens (tertiary/aromatic N) is 1. The Balaban J connectivity index is 2.88. The van der Waals surface area contributed by atoms with Gasteiger partial charge < -0.3 is 0 Å². The summed E-state index contributed by atoms with van der Waals surface area (Å²) in [6, 6.07) is 0. The Kier molecular flexibility index (Phi) is 1.12. The van der Waals surface area contributed by atoms with Gasteiger partial charge in [0.25, 0.3) is 0 Å². The zero-order chi connectivity index (χ0) is 6.15. The fourth-order valence-electron chi connectivity index (χ4n) is 0.607. The molecule has 8 heavy (non-hydrogen) atoms. The monoisotopic (exact) mass is 107 g/mol. The van der Waals surface area contributed by atoms with E-state index in [2.05, 4.69) is 18.4 Å². The van der Waals surface area contributed by atoms with Crippen LogP contribution in [0.15, 0.2) is 16.8 Å². The van der Waals surface area contributed by atoms with E-state index in [-0.39, 0.29) is 0 Å². The van der Waals surface area contributed by atoms with Gasteiger partial charge in [0.1, 0.15) is 0 Å². The molecule has 0 N–H and O–H groups in total. The molecule has 0 bridgehead atoms. The highest BCUT2D eigenvalue weighted by Crippen LogP contribution is 2.16. The van der Waals surface area contributed by atoms with Gasteiger partial charge >= 0.3 is 0 Å². The first-order valence-electron chi connectivity index (χ1n) is 2.70. The van der Waals surface area contributed by atoms with Crippen LogP contribution in [0.1, 0.15) is 20.8 Å². The molecule has 0 amide bonds. The van der Waals surface area contributed by atoms with Crippen LogP contribution in [0.3, 0.4) is 0 Å². The number of hydrogen-bond donors (Lipinski definition) is 0. The SMILES string of the molecule is CC1=[C][N]C(C)=C1C. The second-order valence-corrected chi connectivity index (χ2v) is 2.06. The molecule has 0 saturated carbocycles. The van der Waals surface area contributed by atoms with Crippen LogP contribution >= 0.6 is 0 Å². The van der Waals surface area contributed by atoms with Crippen molar-refractivity contribution in [2.24, 2.45) is 0 Å². The second-order valence-electron chi connectivity index (χ2n) is 2.06. The van der Waals surface area contributed by atoms with Gasteiger partial charge in [-0.1, -0.05) is 0 Å². The highest BCUT2D eigenvalue weighted by atomic mass is 14.9. The van der Waals surface area contributed by atoms with Gasteiger partial charge in [-0.25, -0.2) is 0 Å². The Labute approximate surface area is 50.1 Å². The third-order valence-electron chi connectivity index (χ3n) is 1.50. The molecule has 0 aromatic heterocycles. The van der Waals surface area contributed by atoms with Gasteiger partial charge in [0.15, 0.2) is 0 Å². The third-order valence-corrected chi connectivity index (χ3v) is 1.50. The highest BCUT2D eigenvalue weighted by molar-refractivity contribution is 5.33. The second kappa shape index (κ2) is 1.66. The van der Waals surface area contributed by atoms with Crippen LogP contribution in [-0.4, -0.2) is 0 Å². The molecule has 1 rings (SSSR count). The van der Waals surface area contributed by atoms with Crippen LogP contribution in [0, 0.1) is 6.20 Å². The van der Waals surface area contributed by atoms with Crippen molar-refractivity contribution < 1.29 is 0 Å². The van der Waals surface area contributed by atoms with Crippen molar-refractivity contribution in [1.82, 2.24) is 5.32 Å². The minimum absolute atomic E-state index is 1.10. The average molecular weight is 107 g/mol. The lowest BCUT2D eigenvalue weighted by molar-refractivity contribution is 1.03. The minimum Gasteiger partial charge on any atom is -0.251 e. The normalized spacial score (nSPS) is 18.6.